The molecule has 0 radical (unpaired) electrons. The van der Waals surface area contributed by atoms with Crippen molar-refractivity contribution < 1.29 is 0 Å². The number of hydrogen-bond donors (Lipinski definition) is 4. The number of benzene rings is 2. The van der Waals surface area contributed by atoms with Crippen molar-refractivity contribution in [2.45, 2.75) is 27.7 Å². The van der Waals surface area contributed by atoms with Crippen LogP contribution in [0.15, 0.2) is 36.4 Å². The highest BCUT2D eigenvalue weighted by atomic mass is 32.1. The average molecular weight is 359 g/mol. The van der Waals surface area contributed by atoms with E-state index in [0.717, 1.165) is 16.9 Å². The van der Waals surface area contributed by atoms with Gasteiger partial charge in [0.2, 0.25) is 0 Å². The lowest BCUT2D eigenvalue weighted by molar-refractivity contribution is 0.885. The van der Waals surface area contributed by atoms with Crippen LogP contribution in [0.3, 0.4) is 0 Å². The summed E-state index contributed by atoms with van der Waals surface area (Å²) < 4.78 is 0. The lowest BCUT2D eigenvalue weighted by atomic mass is 10.1. The maximum atomic E-state index is 5.29. The molecule has 2 aromatic rings. The van der Waals surface area contributed by atoms with Gasteiger partial charge >= 0.3 is 0 Å². The van der Waals surface area contributed by atoms with Gasteiger partial charge in [0.15, 0.2) is 10.2 Å². The van der Waals surface area contributed by atoms with Crippen LogP contribution in [0.2, 0.25) is 0 Å². The highest BCUT2D eigenvalue weighted by Crippen LogP contribution is 2.17. The van der Waals surface area contributed by atoms with Crippen molar-refractivity contribution in [3.05, 3.63) is 58.7 Å². The predicted octanol–water partition coefficient (Wildman–Crippen LogP) is 4.11. The Labute approximate surface area is 154 Å². The molecule has 0 atom stereocenters. The zero-order valence-corrected chi connectivity index (χ0v) is 15.9. The maximum Gasteiger partial charge on any atom is 0.189 e. The molecule has 0 aromatic heterocycles. The van der Waals surface area contributed by atoms with Gasteiger partial charge in [0.05, 0.1) is 0 Å². The highest BCUT2D eigenvalue weighted by molar-refractivity contribution is 7.81. The maximum absolute atomic E-state index is 5.29. The average Bonchev–Trinajstić information content (AvgIpc) is 2.49. The van der Waals surface area contributed by atoms with Gasteiger partial charge in [-0.25, -0.2) is 0 Å². The van der Waals surface area contributed by atoms with E-state index in [1.54, 1.807) is 0 Å². The summed E-state index contributed by atoms with van der Waals surface area (Å²) in [4.78, 5) is 0. The van der Waals surface area contributed by atoms with Gasteiger partial charge in [0, 0.05) is 11.4 Å². The molecule has 0 aliphatic carbocycles. The third-order valence-electron chi connectivity index (χ3n) is 3.62. The SMILES string of the molecule is Cc1cc(C)cc(NC(=S)NNC(=S)Nc2cccc(C)c2C)c1. The van der Waals surface area contributed by atoms with Crippen molar-refractivity contribution in [1.82, 2.24) is 10.9 Å². The number of anilines is 2. The fourth-order valence-corrected chi connectivity index (χ4v) is 2.69. The van der Waals surface area contributed by atoms with Crippen molar-refractivity contribution >= 4 is 46.0 Å². The molecule has 0 aliphatic heterocycles. The Morgan fingerprint density at radius 3 is 2.00 bits per heavy atom. The summed E-state index contributed by atoms with van der Waals surface area (Å²) in [5, 5.41) is 7.19. The second kappa shape index (κ2) is 8.08. The molecule has 24 heavy (non-hydrogen) atoms. The van der Waals surface area contributed by atoms with Crippen molar-refractivity contribution in [1.29, 1.82) is 0 Å². The number of hydrogen-bond acceptors (Lipinski definition) is 2. The van der Waals surface area contributed by atoms with Crippen LogP contribution in [0, 0.1) is 27.7 Å². The van der Waals surface area contributed by atoms with Gasteiger partial charge in [0.25, 0.3) is 0 Å². The number of thiocarbonyl (C=S) groups is 2. The van der Waals surface area contributed by atoms with E-state index in [9.17, 15) is 0 Å². The number of hydrazine groups is 1. The van der Waals surface area contributed by atoms with E-state index >= 15 is 0 Å². The first kappa shape index (κ1) is 18.2. The minimum Gasteiger partial charge on any atom is -0.331 e. The lowest BCUT2D eigenvalue weighted by Gasteiger charge is -2.16. The van der Waals surface area contributed by atoms with E-state index in [2.05, 4.69) is 61.3 Å². The summed E-state index contributed by atoms with van der Waals surface area (Å²) in [7, 11) is 0. The van der Waals surface area contributed by atoms with E-state index in [1.807, 2.05) is 24.3 Å². The van der Waals surface area contributed by atoms with Gasteiger partial charge < -0.3 is 10.6 Å². The first-order chi connectivity index (χ1) is 11.3. The molecule has 0 aliphatic rings. The van der Waals surface area contributed by atoms with Crippen molar-refractivity contribution in [2.24, 2.45) is 0 Å². The minimum atomic E-state index is 0.449. The summed E-state index contributed by atoms with van der Waals surface area (Å²) in [6.07, 6.45) is 0. The number of nitrogens with one attached hydrogen (secondary N) is 4. The molecule has 0 bridgehead atoms. The summed E-state index contributed by atoms with van der Waals surface area (Å²) in [5.41, 5.74) is 12.4. The molecule has 6 heteroatoms. The zero-order chi connectivity index (χ0) is 17.7. The molecule has 4 N–H and O–H groups in total. The van der Waals surface area contributed by atoms with Crippen LogP contribution in [-0.2, 0) is 0 Å². The van der Waals surface area contributed by atoms with Crippen LogP contribution in [0.25, 0.3) is 0 Å². The second-order valence-corrected chi connectivity index (χ2v) is 6.60. The van der Waals surface area contributed by atoms with E-state index < -0.39 is 0 Å². The fraction of sp³-hybridized carbons (Fsp3) is 0.222. The van der Waals surface area contributed by atoms with Crippen LogP contribution < -0.4 is 21.5 Å². The second-order valence-electron chi connectivity index (χ2n) is 5.78. The van der Waals surface area contributed by atoms with E-state index in [1.165, 1.54) is 16.7 Å². The van der Waals surface area contributed by atoms with E-state index in [-0.39, 0.29) is 0 Å². The number of rotatable bonds is 2. The monoisotopic (exact) mass is 358 g/mol. The highest BCUT2D eigenvalue weighted by Gasteiger charge is 2.04. The van der Waals surface area contributed by atoms with Gasteiger partial charge in [-0.15, -0.1) is 0 Å². The van der Waals surface area contributed by atoms with Crippen LogP contribution in [-0.4, -0.2) is 10.2 Å². The molecule has 0 unspecified atom stereocenters. The first-order valence-corrected chi connectivity index (χ1v) is 8.45. The zero-order valence-electron chi connectivity index (χ0n) is 14.3. The molecule has 0 saturated heterocycles. The van der Waals surface area contributed by atoms with Crippen LogP contribution in [0.5, 0.6) is 0 Å². The molecule has 4 nitrogen and oxygen atoms in total. The quantitative estimate of drug-likeness (QED) is 0.479. The van der Waals surface area contributed by atoms with Gasteiger partial charge in [-0.1, -0.05) is 18.2 Å². The molecule has 2 rings (SSSR count). The van der Waals surface area contributed by atoms with Crippen LogP contribution >= 0.6 is 24.4 Å². The van der Waals surface area contributed by atoms with E-state index in [4.69, 9.17) is 24.4 Å². The summed E-state index contributed by atoms with van der Waals surface area (Å²) >= 11 is 10.6. The third-order valence-corrected chi connectivity index (χ3v) is 4.03. The van der Waals surface area contributed by atoms with Crippen LogP contribution in [0.4, 0.5) is 11.4 Å². The Hall–Kier alpha value is -2.18. The van der Waals surface area contributed by atoms with Gasteiger partial charge in [-0.2, -0.15) is 0 Å². The Morgan fingerprint density at radius 1 is 0.792 bits per heavy atom. The normalized spacial score (nSPS) is 10.0. The molecule has 2 aromatic carbocycles. The molecular weight excluding hydrogens is 336 g/mol. The summed E-state index contributed by atoms with van der Waals surface area (Å²) in [5.74, 6) is 0. The smallest absolute Gasteiger partial charge is 0.189 e. The summed E-state index contributed by atoms with van der Waals surface area (Å²) in [6.45, 7) is 8.23. The van der Waals surface area contributed by atoms with E-state index in [0.29, 0.717) is 10.2 Å². The third kappa shape index (κ3) is 5.18. The molecule has 0 heterocycles. The van der Waals surface area contributed by atoms with Crippen LogP contribution in [0.1, 0.15) is 22.3 Å². The number of aryl methyl sites for hydroxylation is 3. The Bertz CT molecular complexity index is 751. The minimum absolute atomic E-state index is 0.449. The van der Waals surface area contributed by atoms with Crippen molar-refractivity contribution in [2.75, 3.05) is 10.6 Å². The molecular formula is C18H22N4S2. The fourth-order valence-electron chi connectivity index (χ4n) is 2.36. The molecule has 0 saturated carbocycles. The first-order valence-electron chi connectivity index (χ1n) is 7.63. The Balaban J connectivity index is 1.87. The molecule has 0 amide bonds. The lowest BCUT2D eigenvalue weighted by Crippen LogP contribution is -2.45. The largest absolute Gasteiger partial charge is 0.331 e. The Kier molecular flexibility index (Phi) is 6.11. The molecule has 0 fully saturated rings. The topological polar surface area (TPSA) is 48.1 Å². The Morgan fingerprint density at radius 2 is 1.38 bits per heavy atom. The van der Waals surface area contributed by atoms with Crippen molar-refractivity contribution in [3.8, 4) is 0 Å². The van der Waals surface area contributed by atoms with Gasteiger partial charge in [0.1, 0.15) is 0 Å². The summed E-state index contributed by atoms with van der Waals surface area (Å²) in [6, 6.07) is 12.2. The van der Waals surface area contributed by atoms with Gasteiger partial charge in [-0.05, 0) is 92.6 Å². The van der Waals surface area contributed by atoms with Gasteiger partial charge in [-0.3, -0.25) is 10.9 Å². The predicted molar refractivity (Wildman–Crippen MR) is 111 cm³/mol. The van der Waals surface area contributed by atoms with Crippen molar-refractivity contribution in [3.63, 3.8) is 0 Å². The standard InChI is InChI=1S/C18H22N4S2/c1-11-8-12(2)10-15(9-11)19-17(23)21-22-18(24)20-16-7-5-6-13(3)14(16)4/h5-10H,1-4H3,(H2,19,21,23)(H2,20,22,24). The molecule has 126 valence electrons. The molecule has 0 spiro atoms.